The minimum Gasteiger partial charge on any atom is -0.478 e. The summed E-state index contributed by atoms with van der Waals surface area (Å²) in [6.07, 6.45) is 2.67. The molecule has 0 saturated carbocycles. The summed E-state index contributed by atoms with van der Waals surface area (Å²) in [5, 5.41) is 17.3. The Balaban J connectivity index is 3.26. The van der Waals surface area contributed by atoms with Crippen LogP contribution < -0.4 is 0 Å². The van der Waals surface area contributed by atoms with Crippen LogP contribution in [0.5, 0.6) is 0 Å². The zero-order valence-electron chi connectivity index (χ0n) is 10.3. The predicted octanol–water partition coefficient (Wildman–Crippen LogP) is 2.88. The number of carbonyl (C=O) groups excluding carboxylic acids is 1. The number of carboxylic acids is 1. The number of halogens is 1. The summed E-state index contributed by atoms with van der Waals surface area (Å²) >= 11 is 3.28. The van der Waals surface area contributed by atoms with Crippen molar-refractivity contribution in [2.24, 2.45) is 0 Å². The first-order valence-corrected chi connectivity index (χ1v) is 6.42. The molecule has 1 aromatic carbocycles. The van der Waals surface area contributed by atoms with Crippen molar-refractivity contribution in [3.05, 3.63) is 41.0 Å². The molecule has 0 bridgehead atoms. The summed E-state index contributed by atoms with van der Waals surface area (Å²) in [4.78, 5) is 21.5. The van der Waals surface area contributed by atoms with E-state index in [4.69, 9.17) is 10.4 Å². The van der Waals surface area contributed by atoms with Crippen LogP contribution in [0.1, 0.15) is 28.4 Å². The lowest BCUT2D eigenvalue weighted by molar-refractivity contribution is -0.131. The molecule has 0 radical (unpaired) electrons. The van der Waals surface area contributed by atoms with Crippen LogP contribution in [0, 0.1) is 11.3 Å². The number of carboxylic acid groups (broad SMARTS) is 1. The van der Waals surface area contributed by atoms with E-state index in [2.05, 4.69) is 15.9 Å². The van der Waals surface area contributed by atoms with Gasteiger partial charge in [0.25, 0.3) is 0 Å². The van der Waals surface area contributed by atoms with Gasteiger partial charge in [-0.2, -0.15) is 5.26 Å². The average Bonchev–Trinajstić information content (AvgIpc) is 2.36. The number of rotatable bonds is 5. The maximum Gasteiger partial charge on any atom is 0.328 e. The van der Waals surface area contributed by atoms with E-state index in [0.717, 1.165) is 11.6 Å². The Kier molecular flexibility index (Phi) is 5.46. The highest BCUT2D eigenvalue weighted by Gasteiger charge is 2.16. The molecule has 19 heavy (non-hydrogen) atoms. The van der Waals surface area contributed by atoms with E-state index in [9.17, 15) is 9.59 Å². The van der Waals surface area contributed by atoms with Crippen LogP contribution in [-0.2, 0) is 16.0 Å². The van der Waals surface area contributed by atoms with E-state index in [1.165, 1.54) is 13.0 Å². The molecular weight excluding hydrogens is 310 g/mol. The maximum atomic E-state index is 11.4. The molecule has 0 saturated heterocycles. The Bertz CT molecular complexity index is 573. The van der Waals surface area contributed by atoms with Gasteiger partial charge in [0.2, 0.25) is 0 Å². The normalized spacial score (nSPS) is 12.1. The van der Waals surface area contributed by atoms with E-state index in [1.807, 2.05) is 6.07 Å². The predicted molar refractivity (Wildman–Crippen MR) is 74.8 cm³/mol. The van der Waals surface area contributed by atoms with Gasteiger partial charge in [0, 0.05) is 6.08 Å². The number of nitriles is 1. The Labute approximate surface area is 119 Å². The number of nitrogens with zero attached hydrogens (tertiary/aromatic N) is 1. The monoisotopic (exact) mass is 321 g/mol. The van der Waals surface area contributed by atoms with E-state index in [-0.39, 0.29) is 12.2 Å². The summed E-state index contributed by atoms with van der Waals surface area (Å²) in [5.74, 6) is -1.14. The molecule has 1 N–H and O–H groups in total. The zero-order valence-corrected chi connectivity index (χ0v) is 11.8. The number of alkyl halides is 1. The first kappa shape index (κ1) is 15.1. The zero-order chi connectivity index (χ0) is 14.4. The molecule has 0 spiro atoms. The lowest BCUT2D eigenvalue weighted by Gasteiger charge is -2.11. The van der Waals surface area contributed by atoms with Crippen molar-refractivity contribution in [2.45, 2.75) is 18.2 Å². The third kappa shape index (κ3) is 4.34. The van der Waals surface area contributed by atoms with Gasteiger partial charge < -0.3 is 5.11 Å². The van der Waals surface area contributed by atoms with Gasteiger partial charge in [-0.25, -0.2) is 4.79 Å². The van der Waals surface area contributed by atoms with Gasteiger partial charge >= 0.3 is 5.97 Å². The molecule has 1 unspecified atom stereocenters. The highest BCUT2D eigenvalue weighted by atomic mass is 79.9. The fourth-order valence-corrected chi connectivity index (χ4v) is 2.00. The van der Waals surface area contributed by atoms with Gasteiger partial charge in [-0.15, -0.1) is 0 Å². The van der Waals surface area contributed by atoms with Crippen LogP contribution >= 0.6 is 15.9 Å². The summed E-state index contributed by atoms with van der Waals surface area (Å²) in [6, 6.07) is 7.23. The van der Waals surface area contributed by atoms with Crippen LogP contribution in [0.2, 0.25) is 0 Å². The highest BCUT2D eigenvalue weighted by molar-refractivity contribution is 9.09. The van der Waals surface area contributed by atoms with Crippen molar-refractivity contribution >= 4 is 33.8 Å². The molecule has 98 valence electrons. The Morgan fingerprint density at radius 3 is 2.74 bits per heavy atom. The fraction of sp³-hybridized carbons (Fsp3) is 0.214. The van der Waals surface area contributed by atoms with E-state index in [1.54, 1.807) is 18.2 Å². The lowest BCUT2D eigenvalue weighted by Crippen LogP contribution is -2.04. The van der Waals surface area contributed by atoms with Gasteiger partial charge in [0.15, 0.2) is 0 Å². The minimum absolute atomic E-state index is 0.0713. The highest BCUT2D eigenvalue weighted by Crippen LogP contribution is 2.28. The summed E-state index contributed by atoms with van der Waals surface area (Å²) in [7, 11) is 0. The van der Waals surface area contributed by atoms with Gasteiger partial charge in [-0.05, 0) is 29.7 Å². The van der Waals surface area contributed by atoms with Crippen LogP contribution in [-0.4, -0.2) is 16.9 Å². The smallest absolute Gasteiger partial charge is 0.328 e. The first-order chi connectivity index (χ1) is 8.95. The molecule has 1 atom stereocenters. The summed E-state index contributed by atoms with van der Waals surface area (Å²) < 4.78 is 0. The van der Waals surface area contributed by atoms with Crippen molar-refractivity contribution in [3.8, 4) is 6.07 Å². The standard InChI is InChI=1S/C14H12BrNO3/c1-9(17)14(15)12-4-2-10(6-7-16)8-11(12)3-5-13(18)19/h2-5,8,14H,6H2,1H3,(H,18,19). The number of ketones is 1. The van der Waals surface area contributed by atoms with Gasteiger partial charge in [-0.1, -0.05) is 34.1 Å². The first-order valence-electron chi connectivity index (χ1n) is 5.51. The van der Waals surface area contributed by atoms with Crippen LogP contribution in [0.3, 0.4) is 0 Å². The van der Waals surface area contributed by atoms with Gasteiger partial charge in [0.1, 0.15) is 5.78 Å². The topological polar surface area (TPSA) is 78.2 Å². The Morgan fingerprint density at radius 2 is 2.21 bits per heavy atom. The quantitative estimate of drug-likeness (QED) is 0.668. The van der Waals surface area contributed by atoms with Crippen LogP contribution in [0.4, 0.5) is 0 Å². The molecule has 1 aromatic rings. The number of hydrogen-bond acceptors (Lipinski definition) is 3. The van der Waals surface area contributed by atoms with Gasteiger partial charge in [0.05, 0.1) is 17.3 Å². The third-order valence-corrected chi connectivity index (χ3v) is 3.61. The minimum atomic E-state index is -1.06. The van der Waals surface area contributed by atoms with Gasteiger partial charge in [-0.3, -0.25) is 4.79 Å². The van der Waals surface area contributed by atoms with Crippen LogP contribution in [0.25, 0.3) is 6.08 Å². The summed E-state index contributed by atoms with van der Waals surface area (Å²) in [6.45, 7) is 1.45. The van der Waals surface area contributed by atoms with Crippen molar-refractivity contribution in [3.63, 3.8) is 0 Å². The van der Waals surface area contributed by atoms with Crippen molar-refractivity contribution in [1.82, 2.24) is 0 Å². The molecule has 1 rings (SSSR count). The SMILES string of the molecule is CC(=O)C(Br)c1ccc(CC#N)cc1C=CC(=O)O. The van der Waals surface area contributed by atoms with Crippen molar-refractivity contribution in [2.75, 3.05) is 0 Å². The van der Waals surface area contributed by atoms with E-state index < -0.39 is 10.8 Å². The van der Waals surface area contributed by atoms with E-state index in [0.29, 0.717) is 11.1 Å². The molecular formula is C14H12BrNO3. The molecule has 4 nitrogen and oxygen atoms in total. The number of Topliss-reactive ketones (excluding diaryl/α,β-unsaturated/α-hetero) is 1. The second kappa shape index (κ2) is 6.86. The number of hydrogen-bond donors (Lipinski definition) is 1. The number of aliphatic carboxylic acids is 1. The number of carbonyl (C=O) groups is 2. The second-order valence-electron chi connectivity index (χ2n) is 3.94. The second-order valence-corrected chi connectivity index (χ2v) is 4.86. The molecule has 0 aliphatic heterocycles. The Morgan fingerprint density at radius 1 is 1.53 bits per heavy atom. The molecule has 0 aromatic heterocycles. The number of benzene rings is 1. The molecule has 0 amide bonds. The average molecular weight is 322 g/mol. The molecule has 0 fully saturated rings. The molecule has 5 heteroatoms. The van der Waals surface area contributed by atoms with E-state index >= 15 is 0 Å². The molecule has 0 aliphatic carbocycles. The van der Waals surface area contributed by atoms with Crippen LogP contribution in [0.15, 0.2) is 24.3 Å². The molecule has 0 aliphatic rings. The Hall–Kier alpha value is -1.93. The fourth-order valence-electron chi connectivity index (χ4n) is 1.58. The summed E-state index contributed by atoms with van der Waals surface area (Å²) in [5.41, 5.74) is 2.08. The van der Waals surface area contributed by atoms with Crippen molar-refractivity contribution < 1.29 is 14.7 Å². The van der Waals surface area contributed by atoms with Crippen molar-refractivity contribution in [1.29, 1.82) is 5.26 Å². The lowest BCUT2D eigenvalue weighted by atomic mass is 9.98. The molecule has 0 heterocycles. The third-order valence-electron chi connectivity index (χ3n) is 2.47. The maximum absolute atomic E-state index is 11.4. The largest absolute Gasteiger partial charge is 0.478 e.